The monoisotopic (exact) mass is 361 g/mol. The molecule has 2 bridgehead atoms. The predicted octanol–water partition coefficient (Wildman–Crippen LogP) is 4.42. The third-order valence-corrected chi connectivity index (χ3v) is 5.43. The summed E-state index contributed by atoms with van der Waals surface area (Å²) < 4.78 is 19.7. The molecule has 2 aliphatic heterocycles. The highest BCUT2D eigenvalue weighted by atomic mass is 19.1. The van der Waals surface area contributed by atoms with Crippen LogP contribution in [-0.4, -0.2) is 34.5 Å². The van der Waals surface area contributed by atoms with Crippen molar-refractivity contribution in [3.63, 3.8) is 0 Å². The summed E-state index contributed by atoms with van der Waals surface area (Å²) in [4.78, 5) is 27.1. The molecule has 0 N–H and O–H groups in total. The average molecular weight is 361 g/mol. The molecule has 2 atom stereocenters. The molecule has 0 saturated carbocycles. The second-order valence-electron chi connectivity index (χ2n) is 8.63. The molecule has 26 heavy (non-hydrogen) atoms. The largest absolute Gasteiger partial charge is 0.444 e. The fraction of sp³-hybridized carbons (Fsp3) is 0.619. The minimum atomic E-state index is -0.522. The van der Waals surface area contributed by atoms with Gasteiger partial charge in [-0.25, -0.2) is 9.18 Å². The lowest BCUT2D eigenvalue weighted by Crippen LogP contribution is -2.49. The number of hydrogen-bond donors (Lipinski definition) is 0. The first-order valence-electron chi connectivity index (χ1n) is 9.43. The molecule has 1 amide bonds. The lowest BCUT2D eigenvalue weighted by molar-refractivity contribution is -0.124. The molecule has 3 rings (SSSR count). The molecule has 0 radical (unpaired) electrons. The van der Waals surface area contributed by atoms with E-state index in [4.69, 9.17) is 4.74 Å². The Morgan fingerprint density at radius 2 is 1.81 bits per heavy atom. The van der Waals surface area contributed by atoms with Gasteiger partial charge in [-0.2, -0.15) is 0 Å². The Morgan fingerprint density at radius 3 is 2.38 bits per heavy atom. The number of fused-ring (bicyclic) bond motifs is 2. The molecule has 1 aromatic rings. The Morgan fingerprint density at radius 1 is 1.19 bits per heavy atom. The number of halogens is 1. The second kappa shape index (κ2) is 7.01. The summed E-state index contributed by atoms with van der Waals surface area (Å²) in [5.74, 6) is -0.309. The summed E-state index contributed by atoms with van der Waals surface area (Å²) in [6.07, 6.45) is 2.98. The van der Waals surface area contributed by atoms with Crippen molar-refractivity contribution in [2.75, 3.05) is 0 Å². The van der Waals surface area contributed by atoms with Crippen LogP contribution in [0.25, 0.3) is 0 Å². The van der Waals surface area contributed by atoms with Crippen molar-refractivity contribution in [1.82, 2.24) is 4.90 Å². The number of Topliss-reactive ketones (excluding diaryl/α,β-unsaturated/α-hetero) is 1. The summed E-state index contributed by atoms with van der Waals surface area (Å²) in [7, 11) is 0. The van der Waals surface area contributed by atoms with Crippen molar-refractivity contribution >= 4 is 11.9 Å². The van der Waals surface area contributed by atoms with Gasteiger partial charge in [-0.1, -0.05) is 18.2 Å². The van der Waals surface area contributed by atoms with Crippen molar-refractivity contribution in [2.45, 2.75) is 77.5 Å². The minimum absolute atomic E-state index is 0.0555. The molecule has 2 heterocycles. The van der Waals surface area contributed by atoms with Crippen molar-refractivity contribution in [3.8, 4) is 0 Å². The second-order valence-corrected chi connectivity index (χ2v) is 8.63. The van der Waals surface area contributed by atoms with Crippen LogP contribution in [0.15, 0.2) is 18.2 Å². The van der Waals surface area contributed by atoms with Crippen LogP contribution in [0.4, 0.5) is 9.18 Å². The number of piperidine rings is 1. The Bertz CT molecular complexity index is 696. The lowest BCUT2D eigenvalue weighted by atomic mass is 9.85. The van der Waals surface area contributed by atoms with Crippen molar-refractivity contribution in [1.29, 1.82) is 0 Å². The zero-order valence-electron chi connectivity index (χ0n) is 16.0. The van der Waals surface area contributed by atoms with Gasteiger partial charge >= 0.3 is 6.09 Å². The quantitative estimate of drug-likeness (QED) is 0.800. The number of hydrogen-bond acceptors (Lipinski definition) is 3. The van der Waals surface area contributed by atoms with Gasteiger partial charge < -0.3 is 9.64 Å². The molecule has 2 fully saturated rings. The first-order chi connectivity index (χ1) is 12.2. The molecule has 2 unspecified atom stereocenters. The first kappa shape index (κ1) is 18.9. The van der Waals surface area contributed by atoms with E-state index in [2.05, 4.69) is 0 Å². The van der Waals surface area contributed by atoms with E-state index in [0.717, 1.165) is 12.8 Å². The van der Waals surface area contributed by atoms with Crippen molar-refractivity contribution in [3.05, 3.63) is 35.1 Å². The highest BCUT2D eigenvalue weighted by Crippen LogP contribution is 2.40. The van der Waals surface area contributed by atoms with E-state index in [0.29, 0.717) is 24.0 Å². The fourth-order valence-electron chi connectivity index (χ4n) is 4.23. The van der Waals surface area contributed by atoms with Crippen LogP contribution in [0.5, 0.6) is 0 Å². The van der Waals surface area contributed by atoms with Gasteiger partial charge in [0.2, 0.25) is 0 Å². The maximum Gasteiger partial charge on any atom is 0.410 e. The maximum absolute atomic E-state index is 14.2. The number of carbonyl (C=O) groups is 2. The van der Waals surface area contributed by atoms with E-state index in [-0.39, 0.29) is 42.1 Å². The number of benzene rings is 1. The molecular formula is C21H28FNO3. The van der Waals surface area contributed by atoms with Gasteiger partial charge in [-0.15, -0.1) is 0 Å². The van der Waals surface area contributed by atoms with Crippen molar-refractivity contribution < 1.29 is 18.7 Å². The summed E-state index contributed by atoms with van der Waals surface area (Å²) in [6, 6.07) is 5.29. The van der Waals surface area contributed by atoms with Gasteiger partial charge in [0.25, 0.3) is 0 Å². The number of rotatable bonds is 3. The number of amides is 1. The number of aryl methyl sites for hydroxylation is 1. The molecule has 5 heteroatoms. The first-order valence-corrected chi connectivity index (χ1v) is 9.43. The van der Waals surface area contributed by atoms with E-state index < -0.39 is 5.60 Å². The van der Waals surface area contributed by atoms with Crippen LogP contribution in [0.2, 0.25) is 0 Å². The van der Waals surface area contributed by atoms with Gasteiger partial charge in [0.1, 0.15) is 17.2 Å². The minimum Gasteiger partial charge on any atom is -0.444 e. The molecule has 2 saturated heterocycles. The Kier molecular flexibility index (Phi) is 5.09. The molecule has 1 aromatic carbocycles. The third-order valence-electron chi connectivity index (χ3n) is 5.43. The van der Waals surface area contributed by atoms with Gasteiger partial charge in [0.15, 0.2) is 0 Å². The highest BCUT2D eigenvalue weighted by Gasteiger charge is 2.46. The van der Waals surface area contributed by atoms with Crippen LogP contribution in [0, 0.1) is 18.7 Å². The van der Waals surface area contributed by atoms with Gasteiger partial charge in [-0.3, -0.25) is 4.79 Å². The number of carbonyl (C=O) groups excluding carboxylic acids is 2. The maximum atomic E-state index is 14.2. The zero-order valence-corrected chi connectivity index (χ0v) is 16.0. The molecule has 0 spiro atoms. The van der Waals surface area contributed by atoms with Crippen LogP contribution in [0.1, 0.15) is 57.6 Å². The number of nitrogens with zero attached hydrogens (tertiary/aromatic N) is 1. The van der Waals surface area contributed by atoms with Crippen molar-refractivity contribution in [2.24, 2.45) is 5.92 Å². The van der Waals surface area contributed by atoms with Gasteiger partial charge in [0, 0.05) is 24.4 Å². The van der Waals surface area contributed by atoms with E-state index >= 15 is 0 Å². The number of ether oxygens (including phenoxy) is 1. The number of ketones is 1. The molecule has 0 aromatic heterocycles. The summed E-state index contributed by atoms with van der Waals surface area (Å²) in [5, 5.41) is 0. The van der Waals surface area contributed by atoms with Crippen LogP contribution in [-0.2, 0) is 16.0 Å². The topological polar surface area (TPSA) is 46.6 Å². The predicted molar refractivity (Wildman–Crippen MR) is 97.5 cm³/mol. The fourth-order valence-corrected chi connectivity index (χ4v) is 4.23. The normalized spacial score (nSPS) is 25.3. The lowest BCUT2D eigenvalue weighted by Gasteiger charge is -2.39. The van der Waals surface area contributed by atoms with E-state index in [1.807, 2.05) is 25.7 Å². The Hall–Kier alpha value is -1.91. The molecule has 2 aliphatic rings. The van der Waals surface area contributed by atoms with Crippen LogP contribution in [0.3, 0.4) is 0 Å². The SMILES string of the molecule is Cc1cccc(CC(=O)C2CC3CCC(C2)N3C(=O)OC(C)(C)C)c1F. The highest BCUT2D eigenvalue weighted by molar-refractivity contribution is 5.84. The summed E-state index contributed by atoms with van der Waals surface area (Å²) >= 11 is 0. The van der Waals surface area contributed by atoms with E-state index in [1.165, 1.54) is 0 Å². The Labute approximate surface area is 154 Å². The standard InChI is InChI=1S/C21H28FNO3/c1-13-6-5-7-14(19(13)22)12-18(24)15-10-16-8-9-17(11-15)23(16)20(25)26-21(2,3)4/h5-7,15-17H,8-12H2,1-4H3. The average Bonchev–Trinajstić information content (AvgIpc) is 2.80. The zero-order chi connectivity index (χ0) is 19.1. The van der Waals surface area contributed by atoms with Crippen LogP contribution >= 0.6 is 0 Å². The molecular weight excluding hydrogens is 333 g/mol. The van der Waals surface area contributed by atoms with Gasteiger partial charge in [-0.05, 0) is 64.5 Å². The molecule has 4 nitrogen and oxygen atoms in total. The molecule has 142 valence electrons. The van der Waals surface area contributed by atoms with E-state index in [9.17, 15) is 14.0 Å². The van der Waals surface area contributed by atoms with E-state index in [1.54, 1.807) is 25.1 Å². The Balaban J connectivity index is 1.66. The summed E-state index contributed by atoms with van der Waals surface area (Å²) in [5.41, 5.74) is 0.512. The third kappa shape index (κ3) is 3.92. The summed E-state index contributed by atoms with van der Waals surface area (Å²) in [6.45, 7) is 7.29. The van der Waals surface area contributed by atoms with Gasteiger partial charge in [0.05, 0.1) is 0 Å². The molecule has 0 aliphatic carbocycles. The van der Waals surface area contributed by atoms with Crippen LogP contribution < -0.4 is 0 Å². The smallest absolute Gasteiger partial charge is 0.410 e.